The van der Waals surface area contributed by atoms with Gasteiger partial charge in [0.25, 0.3) is 0 Å². The van der Waals surface area contributed by atoms with Crippen molar-refractivity contribution in [2.45, 2.75) is 44.9 Å². The van der Waals surface area contributed by atoms with Crippen molar-refractivity contribution in [2.75, 3.05) is 19.6 Å². The van der Waals surface area contributed by atoms with Crippen molar-refractivity contribution >= 4 is 52.4 Å². The average molecular weight is 622 g/mol. The van der Waals surface area contributed by atoms with Crippen LogP contribution in [-0.2, 0) is 9.59 Å². The standard InChI is InChI=1S/C31H32ClN5O5S/c1-31(2,3)42-24-14-19(23(38)15-25(33)39)6-9-22(24)29-35-27(20-10-13-43-17-20)28(18-4-7-21(32)8-5-18)37(29)30(41)36-12-11-34-26(40)16-36/h4-10,13-14,17,27-28H,11-12,15-16H2,1-3H3,(H2,33,39)(H,34,40)/t27-,28+/m0/s1. The fourth-order valence-corrected chi connectivity index (χ4v) is 5.96. The number of carbonyl (C=O) groups excluding carboxylic acids is 4. The Labute approximate surface area is 258 Å². The van der Waals surface area contributed by atoms with Crippen molar-refractivity contribution in [3.05, 3.63) is 86.6 Å². The molecule has 2 aromatic carbocycles. The summed E-state index contributed by atoms with van der Waals surface area (Å²) in [5.41, 5.74) is 7.05. The van der Waals surface area contributed by atoms with Crippen LogP contribution in [0.25, 0.3) is 0 Å². The van der Waals surface area contributed by atoms with Gasteiger partial charge in [-0.05, 0) is 73.0 Å². The lowest BCUT2D eigenvalue weighted by molar-refractivity contribution is -0.123. The zero-order valence-corrected chi connectivity index (χ0v) is 25.6. The molecule has 1 saturated heterocycles. The lowest BCUT2D eigenvalue weighted by Crippen LogP contribution is -2.55. The van der Waals surface area contributed by atoms with Gasteiger partial charge in [-0.2, -0.15) is 11.3 Å². The van der Waals surface area contributed by atoms with E-state index in [1.54, 1.807) is 35.2 Å². The first-order valence-electron chi connectivity index (χ1n) is 13.8. The van der Waals surface area contributed by atoms with Gasteiger partial charge in [-0.25, -0.2) is 4.79 Å². The van der Waals surface area contributed by atoms with Gasteiger partial charge in [0.05, 0.1) is 18.0 Å². The molecule has 1 fully saturated rings. The molecule has 3 N–H and O–H groups in total. The second-order valence-electron chi connectivity index (χ2n) is 11.4. The van der Waals surface area contributed by atoms with Gasteiger partial charge in [0, 0.05) is 23.7 Å². The fraction of sp³-hybridized carbons (Fsp3) is 0.323. The third-order valence-electron chi connectivity index (χ3n) is 6.97. The molecule has 4 amide bonds. The largest absolute Gasteiger partial charge is 0.487 e. The number of nitrogens with two attached hydrogens (primary N) is 1. The van der Waals surface area contributed by atoms with Gasteiger partial charge < -0.3 is 20.7 Å². The third kappa shape index (κ3) is 6.73. The number of ether oxygens (including phenoxy) is 1. The zero-order chi connectivity index (χ0) is 30.9. The predicted molar refractivity (Wildman–Crippen MR) is 165 cm³/mol. The Morgan fingerprint density at radius 3 is 2.49 bits per heavy atom. The number of Topliss-reactive ketones (excluding diaryl/α,β-unsaturated/α-hetero) is 1. The highest BCUT2D eigenvalue weighted by molar-refractivity contribution is 7.08. The van der Waals surface area contributed by atoms with Crippen molar-refractivity contribution in [2.24, 2.45) is 10.7 Å². The molecule has 3 aromatic rings. The number of nitrogens with one attached hydrogen (secondary N) is 1. The van der Waals surface area contributed by atoms with E-state index in [1.807, 2.05) is 49.7 Å². The van der Waals surface area contributed by atoms with Crippen LogP contribution >= 0.6 is 22.9 Å². The molecule has 0 spiro atoms. The van der Waals surface area contributed by atoms with Crippen LogP contribution in [0.15, 0.2) is 64.3 Å². The van der Waals surface area contributed by atoms with Crippen LogP contribution in [0.4, 0.5) is 4.79 Å². The van der Waals surface area contributed by atoms with Gasteiger partial charge in [-0.3, -0.25) is 24.3 Å². The van der Waals surface area contributed by atoms with Crippen LogP contribution in [0.3, 0.4) is 0 Å². The normalized spacial score (nSPS) is 18.7. The quantitative estimate of drug-likeness (QED) is 0.290. The lowest BCUT2D eigenvalue weighted by atomic mass is 9.95. The molecule has 1 aromatic heterocycles. The minimum absolute atomic E-state index is 0.0923. The van der Waals surface area contributed by atoms with E-state index < -0.39 is 35.8 Å². The number of thiophene rings is 1. The van der Waals surface area contributed by atoms with Crippen LogP contribution < -0.4 is 15.8 Å². The summed E-state index contributed by atoms with van der Waals surface area (Å²) in [7, 11) is 0. The van der Waals surface area contributed by atoms with E-state index in [2.05, 4.69) is 5.32 Å². The molecule has 3 heterocycles. The number of benzene rings is 2. The monoisotopic (exact) mass is 621 g/mol. The average Bonchev–Trinajstić information content (AvgIpc) is 3.60. The number of carbonyl (C=O) groups is 4. The number of amides is 4. The molecule has 2 aliphatic rings. The number of halogens is 1. The van der Waals surface area contributed by atoms with Gasteiger partial charge in [0.15, 0.2) is 5.78 Å². The molecular weight excluding hydrogens is 590 g/mol. The number of piperazine rings is 1. The van der Waals surface area contributed by atoms with E-state index in [4.69, 9.17) is 27.1 Å². The number of hydrogen-bond acceptors (Lipinski definition) is 7. The molecule has 2 atom stereocenters. The maximum atomic E-state index is 14.4. The molecule has 224 valence electrons. The van der Waals surface area contributed by atoms with Gasteiger partial charge >= 0.3 is 6.03 Å². The molecule has 5 rings (SSSR count). The third-order valence-corrected chi connectivity index (χ3v) is 7.93. The summed E-state index contributed by atoms with van der Waals surface area (Å²) in [6.45, 7) is 6.17. The fourth-order valence-electron chi connectivity index (χ4n) is 5.15. The summed E-state index contributed by atoms with van der Waals surface area (Å²) < 4.78 is 6.33. The number of primary amides is 1. The molecule has 2 aliphatic heterocycles. The number of hydrogen-bond donors (Lipinski definition) is 2. The van der Waals surface area contributed by atoms with Gasteiger partial charge in [0.2, 0.25) is 11.8 Å². The summed E-state index contributed by atoms with van der Waals surface area (Å²) in [4.78, 5) is 59.2. The molecule has 0 unspecified atom stereocenters. The Morgan fingerprint density at radius 1 is 1.12 bits per heavy atom. The van der Waals surface area contributed by atoms with Gasteiger partial charge in [-0.1, -0.05) is 29.8 Å². The van der Waals surface area contributed by atoms with Crippen molar-refractivity contribution in [1.82, 2.24) is 15.1 Å². The summed E-state index contributed by atoms with van der Waals surface area (Å²) in [5, 5.41) is 7.27. The first kappa shape index (κ1) is 30.2. The van der Waals surface area contributed by atoms with Crippen molar-refractivity contribution in [3.63, 3.8) is 0 Å². The molecule has 0 aliphatic carbocycles. The number of amidine groups is 1. The van der Waals surface area contributed by atoms with Crippen LogP contribution in [0.5, 0.6) is 5.75 Å². The Morgan fingerprint density at radius 2 is 1.86 bits per heavy atom. The first-order valence-corrected chi connectivity index (χ1v) is 15.1. The topological polar surface area (TPSA) is 134 Å². The minimum atomic E-state index is -0.737. The van der Waals surface area contributed by atoms with Crippen molar-refractivity contribution < 1.29 is 23.9 Å². The zero-order valence-electron chi connectivity index (χ0n) is 24.0. The summed E-state index contributed by atoms with van der Waals surface area (Å²) in [6, 6.07) is 12.6. The molecule has 0 radical (unpaired) electrons. The van der Waals surface area contributed by atoms with E-state index in [0.717, 1.165) is 11.1 Å². The smallest absolute Gasteiger partial charge is 0.326 e. The van der Waals surface area contributed by atoms with Crippen LogP contribution in [0.1, 0.15) is 66.3 Å². The maximum absolute atomic E-state index is 14.4. The lowest BCUT2D eigenvalue weighted by Gasteiger charge is -2.36. The molecule has 12 heteroatoms. The van der Waals surface area contributed by atoms with Crippen molar-refractivity contribution in [3.8, 4) is 5.75 Å². The highest BCUT2D eigenvalue weighted by Crippen LogP contribution is 2.46. The first-order chi connectivity index (χ1) is 20.4. The van der Waals surface area contributed by atoms with E-state index in [0.29, 0.717) is 35.3 Å². The number of aliphatic imine (C=N–C) groups is 1. The Kier molecular flexibility index (Phi) is 8.57. The van der Waals surface area contributed by atoms with E-state index in [1.165, 1.54) is 16.2 Å². The second-order valence-corrected chi connectivity index (χ2v) is 12.6. The number of urea groups is 1. The Balaban J connectivity index is 1.69. The summed E-state index contributed by atoms with van der Waals surface area (Å²) >= 11 is 7.76. The maximum Gasteiger partial charge on any atom is 0.326 e. The molecule has 0 saturated carbocycles. The minimum Gasteiger partial charge on any atom is -0.487 e. The number of ketones is 1. The van der Waals surface area contributed by atoms with Crippen LogP contribution in [-0.4, -0.2) is 64.5 Å². The highest BCUT2D eigenvalue weighted by atomic mass is 35.5. The van der Waals surface area contributed by atoms with Gasteiger partial charge in [-0.15, -0.1) is 0 Å². The van der Waals surface area contributed by atoms with E-state index in [9.17, 15) is 19.2 Å². The van der Waals surface area contributed by atoms with E-state index >= 15 is 0 Å². The second kappa shape index (κ2) is 12.2. The molecular formula is C31H32ClN5O5S. The van der Waals surface area contributed by atoms with Crippen LogP contribution in [0, 0.1) is 0 Å². The molecule has 0 bridgehead atoms. The Bertz CT molecular complexity index is 1580. The number of rotatable bonds is 7. The molecule has 10 nitrogen and oxygen atoms in total. The SMILES string of the molecule is CC(C)(C)Oc1cc(C(=O)CC(N)=O)ccc1C1=N[C@@H](c2ccsc2)[C@@H](c2ccc(Cl)cc2)N1C(=O)N1CCNC(=O)C1. The van der Waals surface area contributed by atoms with Crippen LogP contribution in [0.2, 0.25) is 5.02 Å². The predicted octanol–water partition coefficient (Wildman–Crippen LogP) is 4.73. The summed E-state index contributed by atoms with van der Waals surface area (Å²) in [5.74, 6) is -0.784. The Hall–Kier alpha value is -4.22. The van der Waals surface area contributed by atoms with Crippen molar-refractivity contribution in [1.29, 1.82) is 0 Å². The highest BCUT2D eigenvalue weighted by Gasteiger charge is 2.45. The number of nitrogens with zero attached hydrogens (tertiary/aromatic N) is 3. The molecule has 43 heavy (non-hydrogen) atoms. The van der Waals surface area contributed by atoms with E-state index in [-0.39, 0.29) is 24.0 Å². The summed E-state index contributed by atoms with van der Waals surface area (Å²) in [6.07, 6.45) is -0.449. The van der Waals surface area contributed by atoms with Gasteiger partial charge in [0.1, 0.15) is 29.8 Å².